The van der Waals surface area contributed by atoms with Crippen LogP contribution in [0.1, 0.15) is 11.1 Å². The Morgan fingerprint density at radius 1 is 0.833 bits per heavy atom. The molecule has 0 atom stereocenters. The van der Waals surface area contributed by atoms with E-state index >= 15 is 0 Å². The maximum Gasteiger partial charge on any atom is 0.416 e. The van der Waals surface area contributed by atoms with Gasteiger partial charge in [-0.05, 0) is 72.3 Å². The molecule has 0 spiro atoms. The highest BCUT2D eigenvalue weighted by molar-refractivity contribution is 6.32. The third-order valence-corrected chi connectivity index (χ3v) is 5.13. The summed E-state index contributed by atoms with van der Waals surface area (Å²) in [7, 11) is 0. The summed E-state index contributed by atoms with van der Waals surface area (Å²) in [5.41, 5.74) is -0.712. The topological polar surface area (TPSA) is 74.0 Å². The van der Waals surface area contributed by atoms with E-state index in [9.17, 15) is 23.3 Å². The highest BCUT2D eigenvalue weighted by Crippen LogP contribution is 2.39. The Balaban J connectivity index is 1.46. The number of rotatable bonds is 7. The molecule has 0 amide bonds. The van der Waals surface area contributed by atoms with Crippen molar-refractivity contribution in [3.63, 3.8) is 0 Å². The summed E-state index contributed by atoms with van der Waals surface area (Å²) in [5.74, 6) is 1.04. The molecule has 0 radical (unpaired) electrons. The first-order chi connectivity index (χ1) is 17.2. The lowest BCUT2D eigenvalue weighted by molar-refractivity contribution is -0.385. The Kier molecular flexibility index (Phi) is 7.21. The minimum absolute atomic E-state index is 0.0408. The van der Waals surface area contributed by atoms with Crippen LogP contribution in [0.5, 0.6) is 23.0 Å². The molecule has 0 aliphatic carbocycles. The second kappa shape index (κ2) is 10.5. The van der Waals surface area contributed by atoms with Crippen LogP contribution < -0.4 is 9.47 Å². The average Bonchev–Trinajstić information content (AvgIpc) is 2.85. The quantitative estimate of drug-likeness (QED) is 0.141. The Morgan fingerprint density at radius 3 is 2.14 bits per heavy atom. The van der Waals surface area contributed by atoms with Gasteiger partial charge in [0.15, 0.2) is 0 Å². The lowest BCUT2D eigenvalue weighted by atomic mass is 10.2. The second-order valence-electron chi connectivity index (χ2n) is 7.40. The number of hydrogen-bond acceptors (Lipinski definition) is 5. The number of para-hydroxylation sites is 1. The van der Waals surface area contributed by atoms with E-state index in [-0.39, 0.29) is 16.5 Å². The molecular formula is C26H16ClF3N2O4. The third-order valence-electron chi connectivity index (χ3n) is 4.84. The molecule has 0 saturated carbocycles. The van der Waals surface area contributed by atoms with E-state index in [4.69, 9.17) is 21.1 Å². The van der Waals surface area contributed by atoms with Crippen LogP contribution in [0.25, 0.3) is 0 Å². The van der Waals surface area contributed by atoms with E-state index in [2.05, 4.69) is 4.99 Å². The average molecular weight is 513 g/mol. The monoisotopic (exact) mass is 512 g/mol. The number of halogens is 4. The molecule has 0 fully saturated rings. The summed E-state index contributed by atoms with van der Waals surface area (Å²) in [6.07, 6.45) is -3.17. The Labute approximate surface area is 208 Å². The van der Waals surface area contributed by atoms with Crippen LogP contribution in [0.3, 0.4) is 0 Å². The van der Waals surface area contributed by atoms with Gasteiger partial charge in [0.2, 0.25) is 5.75 Å². The number of aliphatic imine (C=N–C) groups is 1. The zero-order valence-corrected chi connectivity index (χ0v) is 19.0. The molecule has 0 unspecified atom stereocenters. The summed E-state index contributed by atoms with van der Waals surface area (Å²) in [5, 5.41) is 11.4. The maximum absolute atomic E-state index is 12.9. The van der Waals surface area contributed by atoms with Gasteiger partial charge in [-0.1, -0.05) is 29.8 Å². The molecule has 0 aromatic heterocycles. The molecule has 10 heteroatoms. The molecule has 0 aliphatic heterocycles. The maximum atomic E-state index is 12.9. The molecule has 4 rings (SSSR count). The largest absolute Gasteiger partial charge is 0.457 e. The van der Waals surface area contributed by atoms with Crippen molar-refractivity contribution in [2.45, 2.75) is 6.18 Å². The van der Waals surface area contributed by atoms with E-state index in [1.54, 1.807) is 36.5 Å². The fraction of sp³-hybridized carbons (Fsp3) is 0.0385. The Bertz CT molecular complexity index is 1410. The molecule has 6 nitrogen and oxygen atoms in total. The number of hydrogen-bond donors (Lipinski definition) is 0. The minimum atomic E-state index is -4.73. The van der Waals surface area contributed by atoms with Gasteiger partial charge in [0.1, 0.15) is 17.2 Å². The van der Waals surface area contributed by atoms with Gasteiger partial charge in [-0.3, -0.25) is 15.1 Å². The molecule has 0 bridgehead atoms. The summed E-state index contributed by atoms with van der Waals surface area (Å²) in [6.45, 7) is 0. The SMILES string of the molecule is O=[N+]([O-])c1cc(C(F)(F)F)ccc1Oc1ccc(C=Nc2ccc(Oc3ccccc3)cc2)cc1Cl. The first-order valence-electron chi connectivity index (χ1n) is 10.4. The van der Waals surface area contributed by atoms with Gasteiger partial charge < -0.3 is 9.47 Å². The van der Waals surface area contributed by atoms with Crippen LogP contribution in [0, 0.1) is 10.1 Å². The molecule has 182 valence electrons. The van der Waals surface area contributed by atoms with Crippen molar-refractivity contribution in [1.82, 2.24) is 0 Å². The molecule has 0 N–H and O–H groups in total. The normalized spacial score (nSPS) is 11.4. The fourth-order valence-electron chi connectivity index (χ4n) is 3.10. The summed E-state index contributed by atoms with van der Waals surface area (Å²) in [6, 6.07) is 23.0. The van der Waals surface area contributed by atoms with Gasteiger partial charge in [-0.25, -0.2) is 0 Å². The van der Waals surface area contributed by atoms with Crippen molar-refractivity contribution >= 4 is 29.2 Å². The molecule has 36 heavy (non-hydrogen) atoms. The van der Waals surface area contributed by atoms with Gasteiger partial charge in [0.05, 0.1) is 21.2 Å². The predicted octanol–water partition coefficient (Wildman–Crippen LogP) is 8.60. The number of nitro groups is 1. The van der Waals surface area contributed by atoms with Crippen molar-refractivity contribution in [3.05, 3.63) is 117 Å². The zero-order chi connectivity index (χ0) is 25.7. The predicted molar refractivity (Wildman–Crippen MR) is 130 cm³/mol. The van der Waals surface area contributed by atoms with Gasteiger partial charge >= 0.3 is 11.9 Å². The number of nitrogens with zero attached hydrogens (tertiary/aromatic N) is 2. The fourth-order valence-corrected chi connectivity index (χ4v) is 3.32. The van der Waals surface area contributed by atoms with Crippen LogP contribution in [-0.2, 0) is 6.18 Å². The van der Waals surface area contributed by atoms with Crippen molar-refractivity contribution < 1.29 is 27.6 Å². The minimum Gasteiger partial charge on any atom is -0.457 e. The summed E-state index contributed by atoms with van der Waals surface area (Å²) < 4.78 is 49.9. The molecule has 0 saturated heterocycles. The molecular weight excluding hydrogens is 497 g/mol. The van der Waals surface area contributed by atoms with E-state index in [0.717, 1.165) is 6.07 Å². The molecule has 0 heterocycles. The van der Waals surface area contributed by atoms with Crippen molar-refractivity contribution in [2.75, 3.05) is 0 Å². The lowest BCUT2D eigenvalue weighted by Crippen LogP contribution is -2.06. The van der Waals surface area contributed by atoms with E-state index < -0.39 is 22.4 Å². The van der Waals surface area contributed by atoms with Crippen LogP contribution in [-0.4, -0.2) is 11.1 Å². The van der Waals surface area contributed by atoms with E-state index in [1.165, 1.54) is 12.1 Å². The van der Waals surface area contributed by atoms with Gasteiger partial charge in [0, 0.05) is 12.3 Å². The molecule has 0 aliphatic rings. The van der Waals surface area contributed by atoms with Crippen molar-refractivity contribution in [3.8, 4) is 23.0 Å². The van der Waals surface area contributed by atoms with Crippen LogP contribution in [0.15, 0.2) is 96.0 Å². The standard InChI is InChI=1S/C26H16ClF3N2O4/c27-22-14-17(16-31-19-8-10-21(11-9-19)35-20-4-2-1-3-5-20)6-12-24(22)36-25-13-7-18(26(28,29)30)15-23(25)32(33)34/h1-16H. The van der Waals surface area contributed by atoms with E-state index in [1.807, 2.05) is 30.3 Å². The second-order valence-corrected chi connectivity index (χ2v) is 7.80. The highest BCUT2D eigenvalue weighted by atomic mass is 35.5. The van der Waals surface area contributed by atoms with Crippen molar-refractivity contribution in [1.29, 1.82) is 0 Å². The number of nitro benzene ring substituents is 1. The van der Waals surface area contributed by atoms with E-state index in [0.29, 0.717) is 34.9 Å². The number of benzene rings is 4. The van der Waals surface area contributed by atoms with Gasteiger partial charge in [-0.15, -0.1) is 0 Å². The van der Waals surface area contributed by atoms with Crippen LogP contribution >= 0.6 is 11.6 Å². The highest BCUT2D eigenvalue weighted by Gasteiger charge is 2.33. The first kappa shape index (κ1) is 24.7. The van der Waals surface area contributed by atoms with Gasteiger partial charge in [0.25, 0.3) is 0 Å². The smallest absolute Gasteiger partial charge is 0.416 e. The summed E-state index contributed by atoms with van der Waals surface area (Å²) >= 11 is 6.24. The van der Waals surface area contributed by atoms with Crippen molar-refractivity contribution in [2.24, 2.45) is 4.99 Å². The number of alkyl halides is 3. The lowest BCUT2D eigenvalue weighted by Gasteiger charge is -2.11. The Hall–Kier alpha value is -4.37. The first-order valence-corrected chi connectivity index (χ1v) is 10.8. The molecule has 4 aromatic rings. The van der Waals surface area contributed by atoms with Crippen LogP contribution in [0.4, 0.5) is 24.5 Å². The zero-order valence-electron chi connectivity index (χ0n) is 18.3. The van der Waals surface area contributed by atoms with Crippen LogP contribution in [0.2, 0.25) is 5.02 Å². The summed E-state index contributed by atoms with van der Waals surface area (Å²) in [4.78, 5) is 14.7. The Morgan fingerprint density at radius 2 is 1.50 bits per heavy atom. The molecule has 4 aromatic carbocycles. The number of ether oxygens (including phenoxy) is 2. The third kappa shape index (κ3) is 6.19. The van der Waals surface area contributed by atoms with Gasteiger partial charge in [-0.2, -0.15) is 13.2 Å².